The lowest BCUT2D eigenvalue weighted by Gasteiger charge is -2.29. The summed E-state index contributed by atoms with van der Waals surface area (Å²) in [6.07, 6.45) is 3.53. The molecule has 0 aromatic rings. The summed E-state index contributed by atoms with van der Waals surface area (Å²) >= 11 is 0. The first-order chi connectivity index (χ1) is 8.77. The molecule has 1 saturated heterocycles. The van der Waals surface area contributed by atoms with Gasteiger partial charge in [0.05, 0.1) is 19.8 Å². The number of rotatable bonds is 8. The van der Waals surface area contributed by atoms with Gasteiger partial charge in [-0.15, -0.1) is 0 Å². The third kappa shape index (κ3) is 5.80. The molecule has 1 aliphatic heterocycles. The second-order valence-electron chi connectivity index (χ2n) is 4.70. The Hall–Kier alpha value is -0.650. The van der Waals surface area contributed by atoms with Crippen LogP contribution in [0.3, 0.4) is 0 Å². The van der Waals surface area contributed by atoms with E-state index in [0.29, 0.717) is 19.8 Å². The van der Waals surface area contributed by atoms with E-state index in [1.165, 1.54) is 6.42 Å². The van der Waals surface area contributed by atoms with Crippen LogP contribution in [-0.4, -0.2) is 75.9 Å². The normalized spacial score (nSPS) is 16.3. The standard InChI is InChI=1S/C13H26N2O3/c1-17-10-8-14(9-11-18-2)12-13(16)15-6-4-3-5-7-15/h3-12H2,1-2H3. The van der Waals surface area contributed by atoms with Crippen molar-refractivity contribution in [1.82, 2.24) is 9.80 Å². The second-order valence-corrected chi connectivity index (χ2v) is 4.70. The van der Waals surface area contributed by atoms with Crippen molar-refractivity contribution in [3.05, 3.63) is 0 Å². The van der Waals surface area contributed by atoms with E-state index in [4.69, 9.17) is 9.47 Å². The molecule has 5 heteroatoms. The monoisotopic (exact) mass is 258 g/mol. The minimum Gasteiger partial charge on any atom is -0.383 e. The summed E-state index contributed by atoms with van der Waals surface area (Å²) < 4.78 is 10.1. The molecule has 0 bridgehead atoms. The maximum absolute atomic E-state index is 12.1. The molecule has 0 spiro atoms. The van der Waals surface area contributed by atoms with E-state index >= 15 is 0 Å². The number of methoxy groups -OCH3 is 2. The predicted octanol–water partition coefficient (Wildman–Crippen LogP) is 0.594. The van der Waals surface area contributed by atoms with Crippen molar-refractivity contribution in [3.63, 3.8) is 0 Å². The lowest BCUT2D eigenvalue weighted by Crippen LogP contribution is -2.44. The fourth-order valence-electron chi connectivity index (χ4n) is 2.15. The van der Waals surface area contributed by atoms with Gasteiger partial charge in [-0.3, -0.25) is 9.69 Å². The van der Waals surface area contributed by atoms with Gasteiger partial charge in [-0.1, -0.05) is 0 Å². The molecule has 1 amide bonds. The average molecular weight is 258 g/mol. The zero-order chi connectivity index (χ0) is 13.2. The van der Waals surface area contributed by atoms with Crippen LogP contribution in [0.5, 0.6) is 0 Å². The zero-order valence-corrected chi connectivity index (χ0v) is 11.7. The molecule has 1 fully saturated rings. The molecule has 0 aliphatic carbocycles. The number of likely N-dealkylation sites (tertiary alicyclic amines) is 1. The molecule has 0 saturated carbocycles. The highest BCUT2D eigenvalue weighted by Crippen LogP contribution is 2.09. The van der Waals surface area contributed by atoms with Gasteiger partial charge in [0, 0.05) is 40.4 Å². The summed E-state index contributed by atoms with van der Waals surface area (Å²) in [6.45, 7) is 5.17. The van der Waals surface area contributed by atoms with Crippen LogP contribution in [0.15, 0.2) is 0 Å². The highest BCUT2D eigenvalue weighted by atomic mass is 16.5. The number of carbonyl (C=O) groups excluding carboxylic acids is 1. The van der Waals surface area contributed by atoms with Crippen LogP contribution in [0.2, 0.25) is 0 Å². The number of ether oxygens (including phenoxy) is 2. The highest BCUT2D eigenvalue weighted by Gasteiger charge is 2.18. The lowest BCUT2D eigenvalue weighted by molar-refractivity contribution is -0.133. The molecule has 0 aromatic heterocycles. The summed E-state index contributed by atoms with van der Waals surface area (Å²) in [4.78, 5) is 16.2. The smallest absolute Gasteiger partial charge is 0.236 e. The first-order valence-electron chi connectivity index (χ1n) is 6.76. The fraction of sp³-hybridized carbons (Fsp3) is 0.923. The summed E-state index contributed by atoms with van der Waals surface area (Å²) in [5.74, 6) is 0.238. The van der Waals surface area contributed by atoms with Gasteiger partial charge in [0.2, 0.25) is 5.91 Å². The number of hydrogen-bond acceptors (Lipinski definition) is 4. The summed E-state index contributed by atoms with van der Waals surface area (Å²) in [6, 6.07) is 0. The van der Waals surface area contributed by atoms with E-state index in [1.54, 1.807) is 14.2 Å². The molecule has 1 rings (SSSR count). The van der Waals surface area contributed by atoms with Crippen molar-refractivity contribution in [3.8, 4) is 0 Å². The van der Waals surface area contributed by atoms with Crippen LogP contribution in [0, 0.1) is 0 Å². The summed E-state index contributed by atoms with van der Waals surface area (Å²) in [5.41, 5.74) is 0. The molecule has 18 heavy (non-hydrogen) atoms. The average Bonchev–Trinajstić information content (AvgIpc) is 2.42. The molecule has 1 aliphatic rings. The zero-order valence-electron chi connectivity index (χ0n) is 11.7. The van der Waals surface area contributed by atoms with Crippen LogP contribution in [0.1, 0.15) is 19.3 Å². The summed E-state index contributed by atoms with van der Waals surface area (Å²) in [7, 11) is 3.36. The van der Waals surface area contributed by atoms with Crippen LogP contribution in [0.4, 0.5) is 0 Å². The molecule has 106 valence electrons. The highest BCUT2D eigenvalue weighted by molar-refractivity contribution is 5.78. The molecular weight excluding hydrogens is 232 g/mol. The van der Waals surface area contributed by atoms with E-state index < -0.39 is 0 Å². The third-order valence-corrected chi connectivity index (χ3v) is 3.29. The Morgan fingerprint density at radius 1 is 1.06 bits per heavy atom. The number of carbonyl (C=O) groups is 1. The SMILES string of the molecule is COCCN(CCOC)CC(=O)N1CCCCC1. The van der Waals surface area contributed by atoms with Gasteiger partial charge >= 0.3 is 0 Å². The van der Waals surface area contributed by atoms with Crippen LogP contribution in [0.25, 0.3) is 0 Å². The topological polar surface area (TPSA) is 42.0 Å². The van der Waals surface area contributed by atoms with Gasteiger partial charge in [-0.05, 0) is 19.3 Å². The van der Waals surface area contributed by atoms with Crippen molar-refractivity contribution in [1.29, 1.82) is 0 Å². The van der Waals surface area contributed by atoms with Gasteiger partial charge in [0.25, 0.3) is 0 Å². The maximum Gasteiger partial charge on any atom is 0.236 e. The van der Waals surface area contributed by atoms with Crippen LogP contribution in [-0.2, 0) is 14.3 Å². The van der Waals surface area contributed by atoms with Gasteiger partial charge in [-0.2, -0.15) is 0 Å². The Morgan fingerprint density at radius 3 is 2.11 bits per heavy atom. The van der Waals surface area contributed by atoms with E-state index in [1.807, 2.05) is 4.90 Å². The van der Waals surface area contributed by atoms with Crippen molar-refractivity contribution in [2.45, 2.75) is 19.3 Å². The van der Waals surface area contributed by atoms with E-state index in [9.17, 15) is 4.79 Å². The molecule has 5 nitrogen and oxygen atoms in total. The van der Waals surface area contributed by atoms with Crippen molar-refractivity contribution < 1.29 is 14.3 Å². The second kappa shape index (κ2) is 9.30. The first kappa shape index (κ1) is 15.4. The Labute approximate surface area is 110 Å². The fourth-order valence-corrected chi connectivity index (χ4v) is 2.15. The lowest BCUT2D eigenvalue weighted by atomic mass is 10.1. The van der Waals surface area contributed by atoms with Crippen molar-refractivity contribution in [2.24, 2.45) is 0 Å². The van der Waals surface area contributed by atoms with Crippen molar-refractivity contribution >= 4 is 5.91 Å². The molecular formula is C13H26N2O3. The minimum atomic E-state index is 0.238. The molecule has 0 atom stereocenters. The molecule has 0 unspecified atom stereocenters. The van der Waals surface area contributed by atoms with Gasteiger partial charge in [0.15, 0.2) is 0 Å². The van der Waals surface area contributed by atoms with Gasteiger partial charge in [0.1, 0.15) is 0 Å². The number of piperidine rings is 1. The Kier molecular flexibility index (Phi) is 7.96. The first-order valence-corrected chi connectivity index (χ1v) is 6.76. The molecule has 0 N–H and O–H groups in total. The number of hydrogen-bond donors (Lipinski definition) is 0. The molecule has 0 aromatic carbocycles. The van der Waals surface area contributed by atoms with Gasteiger partial charge in [-0.25, -0.2) is 0 Å². The van der Waals surface area contributed by atoms with Crippen LogP contribution < -0.4 is 0 Å². The summed E-state index contributed by atoms with van der Waals surface area (Å²) in [5, 5.41) is 0. The Balaban J connectivity index is 2.34. The van der Waals surface area contributed by atoms with Crippen LogP contribution >= 0.6 is 0 Å². The number of nitrogens with zero attached hydrogens (tertiary/aromatic N) is 2. The Morgan fingerprint density at radius 2 is 1.61 bits per heavy atom. The predicted molar refractivity (Wildman–Crippen MR) is 70.6 cm³/mol. The maximum atomic E-state index is 12.1. The molecule has 1 heterocycles. The Bertz CT molecular complexity index is 222. The third-order valence-electron chi connectivity index (χ3n) is 3.29. The van der Waals surface area contributed by atoms with E-state index in [0.717, 1.165) is 39.0 Å². The largest absolute Gasteiger partial charge is 0.383 e. The number of amides is 1. The quantitative estimate of drug-likeness (QED) is 0.639. The van der Waals surface area contributed by atoms with E-state index in [-0.39, 0.29) is 5.91 Å². The molecule has 0 radical (unpaired) electrons. The van der Waals surface area contributed by atoms with Crippen molar-refractivity contribution in [2.75, 3.05) is 60.2 Å². The van der Waals surface area contributed by atoms with Gasteiger partial charge < -0.3 is 14.4 Å². The minimum absolute atomic E-state index is 0.238. The van der Waals surface area contributed by atoms with E-state index in [2.05, 4.69) is 4.90 Å².